The summed E-state index contributed by atoms with van der Waals surface area (Å²) in [5.74, 6) is -1.27. The summed E-state index contributed by atoms with van der Waals surface area (Å²) < 4.78 is 12.4. The number of carbonyl (C=O) groups excluding carboxylic acids is 1. The molecule has 0 spiro atoms. The number of phenols is 1. The molecule has 5 heteroatoms. The maximum absolute atomic E-state index is 12.4. The molecular weight excluding hydrogens is 163 g/mol. The molecule has 4 N–H and O–H groups in total. The summed E-state index contributed by atoms with van der Waals surface area (Å²) >= 11 is 0. The molecule has 0 saturated heterocycles. The third-order valence-corrected chi connectivity index (χ3v) is 1.21. The number of amides is 2. The normalized spacial score (nSPS) is 9.42. The molecule has 0 aliphatic rings. The van der Waals surface area contributed by atoms with Crippen molar-refractivity contribution in [1.82, 2.24) is 0 Å². The van der Waals surface area contributed by atoms with Gasteiger partial charge < -0.3 is 16.2 Å². The van der Waals surface area contributed by atoms with Crippen LogP contribution in [0.1, 0.15) is 0 Å². The molecule has 1 rings (SSSR count). The van der Waals surface area contributed by atoms with Gasteiger partial charge in [0, 0.05) is 11.8 Å². The Morgan fingerprint density at radius 3 is 2.75 bits per heavy atom. The smallest absolute Gasteiger partial charge is 0.316 e. The Labute approximate surface area is 67.8 Å². The third-order valence-electron chi connectivity index (χ3n) is 1.21. The molecule has 1 aromatic carbocycles. The van der Waals surface area contributed by atoms with Crippen LogP contribution < -0.4 is 11.1 Å². The molecule has 0 bridgehead atoms. The van der Waals surface area contributed by atoms with Gasteiger partial charge >= 0.3 is 6.03 Å². The van der Waals surface area contributed by atoms with Crippen molar-refractivity contribution in [3.05, 3.63) is 24.0 Å². The highest BCUT2D eigenvalue weighted by Crippen LogP contribution is 2.19. The van der Waals surface area contributed by atoms with Crippen LogP contribution in [0.3, 0.4) is 0 Å². The van der Waals surface area contributed by atoms with Gasteiger partial charge in [0.15, 0.2) is 11.6 Å². The fourth-order valence-corrected chi connectivity index (χ4v) is 0.733. The highest BCUT2D eigenvalue weighted by atomic mass is 19.1. The Morgan fingerprint density at radius 1 is 1.58 bits per heavy atom. The van der Waals surface area contributed by atoms with Gasteiger partial charge in [0.1, 0.15) is 0 Å². The van der Waals surface area contributed by atoms with Crippen molar-refractivity contribution >= 4 is 11.7 Å². The lowest BCUT2D eigenvalue weighted by molar-refractivity contribution is 0.259. The number of nitrogens with one attached hydrogen (secondary N) is 1. The van der Waals surface area contributed by atoms with Gasteiger partial charge in [0.25, 0.3) is 0 Å². The van der Waals surface area contributed by atoms with Gasteiger partial charge in [-0.2, -0.15) is 0 Å². The van der Waals surface area contributed by atoms with Crippen molar-refractivity contribution in [2.24, 2.45) is 5.73 Å². The van der Waals surface area contributed by atoms with Crippen molar-refractivity contribution in [3.63, 3.8) is 0 Å². The van der Waals surface area contributed by atoms with Gasteiger partial charge in [-0.25, -0.2) is 9.18 Å². The molecule has 0 aliphatic heterocycles. The number of benzene rings is 1. The molecule has 0 unspecified atom stereocenters. The van der Waals surface area contributed by atoms with Crippen LogP contribution in [-0.2, 0) is 0 Å². The van der Waals surface area contributed by atoms with E-state index in [0.29, 0.717) is 0 Å². The first-order valence-electron chi connectivity index (χ1n) is 3.14. The summed E-state index contributed by atoms with van der Waals surface area (Å²) in [6, 6.07) is 2.63. The van der Waals surface area contributed by atoms with Crippen molar-refractivity contribution < 1.29 is 14.3 Å². The number of anilines is 1. The van der Waals surface area contributed by atoms with Gasteiger partial charge in [-0.05, 0) is 12.1 Å². The molecular formula is C7H7FN2O2. The number of hydrogen-bond donors (Lipinski definition) is 3. The number of nitrogens with two attached hydrogens (primary N) is 1. The number of urea groups is 1. The minimum absolute atomic E-state index is 0.251. The van der Waals surface area contributed by atoms with Gasteiger partial charge in [0.2, 0.25) is 0 Å². The molecule has 0 heterocycles. The summed E-state index contributed by atoms with van der Waals surface area (Å²) in [5, 5.41) is 11.0. The Balaban J connectivity index is 2.89. The predicted octanol–water partition coefficient (Wildman–Crippen LogP) is 1.02. The van der Waals surface area contributed by atoms with Crippen LogP contribution in [0.4, 0.5) is 14.9 Å². The molecule has 0 radical (unpaired) electrons. The van der Waals surface area contributed by atoms with Crippen LogP contribution in [0.15, 0.2) is 18.2 Å². The topological polar surface area (TPSA) is 75.4 Å². The molecule has 1 aromatic rings. The van der Waals surface area contributed by atoms with E-state index in [4.69, 9.17) is 10.8 Å². The predicted molar refractivity (Wildman–Crippen MR) is 41.3 cm³/mol. The monoisotopic (exact) mass is 170 g/mol. The zero-order chi connectivity index (χ0) is 9.14. The number of hydrogen-bond acceptors (Lipinski definition) is 2. The molecule has 0 saturated carbocycles. The number of aromatic hydroxyl groups is 1. The first-order chi connectivity index (χ1) is 5.59. The van der Waals surface area contributed by atoms with Crippen molar-refractivity contribution in [2.75, 3.05) is 5.32 Å². The largest absolute Gasteiger partial charge is 0.505 e. The standard InChI is InChI=1S/C7H7FN2O2/c8-5-2-1-4(3-6(5)11)10-7(9)12/h1-3,11H,(H3,9,10,12). The SMILES string of the molecule is NC(=O)Nc1ccc(F)c(O)c1. The van der Waals surface area contributed by atoms with E-state index in [1.807, 2.05) is 0 Å². The Hall–Kier alpha value is -1.78. The zero-order valence-corrected chi connectivity index (χ0v) is 6.04. The average molecular weight is 170 g/mol. The minimum Gasteiger partial charge on any atom is -0.505 e. The summed E-state index contributed by atoms with van der Waals surface area (Å²) in [6.45, 7) is 0. The molecule has 0 aromatic heterocycles. The lowest BCUT2D eigenvalue weighted by Gasteiger charge is -2.01. The Bertz CT molecular complexity index is 314. The lowest BCUT2D eigenvalue weighted by atomic mass is 10.3. The fourth-order valence-electron chi connectivity index (χ4n) is 0.733. The summed E-state index contributed by atoms with van der Waals surface area (Å²) in [5.41, 5.74) is 5.04. The van der Waals surface area contributed by atoms with Crippen LogP contribution in [0.5, 0.6) is 5.75 Å². The molecule has 0 atom stereocenters. The molecule has 2 amide bonds. The number of primary amides is 1. The Kier molecular flexibility index (Phi) is 2.14. The summed E-state index contributed by atoms with van der Waals surface area (Å²) in [6.07, 6.45) is 0. The van der Waals surface area contributed by atoms with Crippen molar-refractivity contribution in [3.8, 4) is 5.75 Å². The van der Waals surface area contributed by atoms with Crippen LogP contribution >= 0.6 is 0 Å². The zero-order valence-electron chi connectivity index (χ0n) is 6.04. The molecule has 0 aliphatic carbocycles. The summed E-state index contributed by atoms with van der Waals surface area (Å²) in [4.78, 5) is 10.3. The number of carbonyl (C=O) groups is 1. The first-order valence-corrected chi connectivity index (χ1v) is 3.14. The van der Waals surface area contributed by atoms with Crippen LogP contribution in [-0.4, -0.2) is 11.1 Å². The fraction of sp³-hybridized carbons (Fsp3) is 0. The maximum atomic E-state index is 12.4. The Morgan fingerprint density at radius 2 is 2.25 bits per heavy atom. The summed E-state index contributed by atoms with van der Waals surface area (Å²) in [7, 11) is 0. The average Bonchev–Trinajstić information content (AvgIpc) is 1.96. The third kappa shape index (κ3) is 1.85. The van der Waals surface area contributed by atoms with Crippen molar-refractivity contribution in [1.29, 1.82) is 0 Å². The van der Waals surface area contributed by atoms with Gasteiger partial charge in [-0.1, -0.05) is 0 Å². The lowest BCUT2D eigenvalue weighted by Crippen LogP contribution is -2.19. The second-order valence-corrected chi connectivity index (χ2v) is 2.16. The highest BCUT2D eigenvalue weighted by Gasteiger charge is 2.01. The molecule has 64 valence electrons. The maximum Gasteiger partial charge on any atom is 0.316 e. The van der Waals surface area contributed by atoms with E-state index in [9.17, 15) is 9.18 Å². The number of rotatable bonds is 1. The van der Waals surface area contributed by atoms with Crippen molar-refractivity contribution in [2.45, 2.75) is 0 Å². The van der Waals surface area contributed by atoms with Gasteiger partial charge in [-0.3, -0.25) is 0 Å². The van der Waals surface area contributed by atoms with E-state index < -0.39 is 17.6 Å². The molecule has 12 heavy (non-hydrogen) atoms. The number of phenolic OH excluding ortho intramolecular Hbond substituents is 1. The minimum atomic E-state index is -0.763. The van der Waals surface area contributed by atoms with Crippen LogP contribution in [0.2, 0.25) is 0 Å². The van der Waals surface area contributed by atoms with E-state index in [2.05, 4.69) is 5.32 Å². The van der Waals surface area contributed by atoms with E-state index in [1.54, 1.807) is 0 Å². The van der Waals surface area contributed by atoms with Crippen LogP contribution in [0, 0.1) is 5.82 Å². The van der Waals surface area contributed by atoms with Crippen LogP contribution in [0.25, 0.3) is 0 Å². The van der Waals surface area contributed by atoms with Gasteiger partial charge in [-0.15, -0.1) is 0 Å². The molecule has 0 fully saturated rings. The molecule has 4 nitrogen and oxygen atoms in total. The highest BCUT2D eigenvalue weighted by molar-refractivity contribution is 5.87. The van der Waals surface area contributed by atoms with Gasteiger partial charge in [0.05, 0.1) is 0 Å². The van der Waals surface area contributed by atoms with E-state index in [-0.39, 0.29) is 5.69 Å². The quantitative estimate of drug-likeness (QED) is 0.588. The second kappa shape index (κ2) is 3.08. The van der Waals surface area contributed by atoms with E-state index >= 15 is 0 Å². The van der Waals surface area contributed by atoms with E-state index in [1.165, 1.54) is 6.07 Å². The first kappa shape index (κ1) is 8.32. The number of halogens is 1. The van der Waals surface area contributed by atoms with E-state index in [0.717, 1.165) is 12.1 Å². The second-order valence-electron chi connectivity index (χ2n) is 2.16.